The van der Waals surface area contributed by atoms with Gasteiger partial charge < -0.3 is 19.9 Å². The molecule has 1 aliphatic carbocycles. The van der Waals surface area contributed by atoms with Gasteiger partial charge in [-0.3, -0.25) is 0 Å². The van der Waals surface area contributed by atoms with E-state index < -0.39 is 0 Å². The van der Waals surface area contributed by atoms with Crippen LogP contribution in [0, 0.1) is 12.8 Å². The maximum atomic E-state index is 5.66. The van der Waals surface area contributed by atoms with Crippen LogP contribution in [0.5, 0.6) is 0 Å². The van der Waals surface area contributed by atoms with E-state index in [0.717, 1.165) is 49.5 Å². The molecule has 0 bridgehead atoms. The Balaban J connectivity index is 1.58. The van der Waals surface area contributed by atoms with Gasteiger partial charge in [0.05, 0.1) is 6.10 Å². The second-order valence-corrected chi connectivity index (χ2v) is 6.37. The molecule has 1 aliphatic heterocycles. The number of hydrogen-bond donors (Lipinski definition) is 2. The normalized spacial score (nSPS) is 28.0. The fourth-order valence-electron chi connectivity index (χ4n) is 2.61. The van der Waals surface area contributed by atoms with Gasteiger partial charge in [0.2, 0.25) is 0 Å². The molecule has 0 spiro atoms. The number of nitrogens with zero attached hydrogens (tertiary/aromatic N) is 4. The van der Waals surface area contributed by atoms with E-state index in [1.165, 1.54) is 6.42 Å². The lowest BCUT2D eigenvalue weighted by molar-refractivity contribution is 0.113. The fourth-order valence-corrected chi connectivity index (χ4v) is 2.61. The minimum atomic E-state index is 0.306. The third kappa shape index (κ3) is 3.76. The van der Waals surface area contributed by atoms with Gasteiger partial charge in [0.1, 0.15) is 12.4 Å². The Kier molecular flexibility index (Phi) is 4.61. The molecule has 22 heavy (non-hydrogen) atoms. The van der Waals surface area contributed by atoms with Crippen molar-refractivity contribution in [2.75, 3.05) is 13.2 Å². The topological polar surface area (TPSA) is 76.4 Å². The van der Waals surface area contributed by atoms with Gasteiger partial charge in [-0.05, 0) is 32.1 Å². The van der Waals surface area contributed by atoms with Crippen LogP contribution < -0.4 is 10.6 Å². The first kappa shape index (κ1) is 15.3. The maximum Gasteiger partial charge on any atom is 0.192 e. The van der Waals surface area contributed by atoms with Gasteiger partial charge in [-0.15, -0.1) is 10.2 Å². The van der Waals surface area contributed by atoms with Crippen molar-refractivity contribution in [3.8, 4) is 0 Å². The summed E-state index contributed by atoms with van der Waals surface area (Å²) in [6, 6.07) is 0.539. The molecule has 2 fully saturated rings. The minimum Gasteiger partial charge on any atom is -0.376 e. The lowest BCUT2D eigenvalue weighted by Gasteiger charge is -2.15. The summed E-state index contributed by atoms with van der Waals surface area (Å²) in [6.45, 7) is 6.41. The standard InChI is InChI=1S/C15H26N6O/c1-10-7-13(10)18-15(16-8-12-5-4-6-22-12)17-9-14-20-19-11(2)21(14)3/h10,12-13H,4-9H2,1-3H3,(H2,16,17,18). The Bertz CT molecular complexity index is 534. The average Bonchev–Trinajstić information content (AvgIpc) is 2.91. The van der Waals surface area contributed by atoms with Crippen molar-refractivity contribution in [2.45, 2.75) is 51.8 Å². The van der Waals surface area contributed by atoms with Crippen molar-refractivity contribution < 1.29 is 4.74 Å². The van der Waals surface area contributed by atoms with E-state index in [4.69, 9.17) is 4.74 Å². The molecular formula is C15H26N6O. The van der Waals surface area contributed by atoms with Gasteiger partial charge in [0.15, 0.2) is 11.8 Å². The average molecular weight is 306 g/mol. The highest BCUT2D eigenvalue weighted by molar-refractivity contribution is 5.80. The predicted octanol–water partition coefficient (Wildman–Crippen LogP) is 0.746. The highest BCUT2D eigenvalue weighted by atomic mass is 16.5. The molecule has 3 atom stereocenters. The fraction of sp³-hybridized carbons (Fsp3) is 0.800. The van der Waals surface area contributed by atoms with Crippen LogP contribution >= 0.6 is 0 Å². The van der Waals surface area contributed by atoms with Crippen molar-refractivity contribution in [1.82, 2.24) is 25.4 Å². The molecule has 7 nitrogen and oxygen atoms in total. The molecule has 1 aromatic rings. The molecule has 1 saturated carbocycles. The van der Waals surface area contributed by atoms with Crippen LogP contribution in [0.25, 0.3) is 0 Å². The summed E-state index contributed by atoms with van der Waals surface area (Å²) in [5.41, 5.74) is 0. The molecule has 0 amide bonds. The zero-order valence-corrected chi connectivity index (χ0v) is 13.7. The first-order valence-corrected chi connectivity index (χ1v) is 8.15. The highest BCUT2D eigenvalue weighted by Gasteiger charge is 2.33. The second-order valence-electron chi connectivity index (χ2n) is 6.37. The third-order valence-corrected chi connectivity index (χ3v) is 4.51. The summed E-state index contributed by atoms with van der Waals surface area (Å²) in [4.78, 5) is 4.66. The number of nitrogens with one attached hydrogen (secondary N) is 2. The molecule has 1 aromatic heterocycles. The van der Waals surface area contributed by atoms with Crippen LogP contribution in [0.15, 0.2) is 4.99 Å². The quantitative estimate of drug-likeness (QED) is 0.620. The number of aliphatic imine (C=N–C) groups is 1. The molecule has 3 unspecified atom stereocenters. The Labute approximate surface area is 131 Å². The van der Waals surface area contributed by atoms with Gasteiger partial charge in [0, 0.05) is 26.2 Å². The number of ether oxygens (including phenoxy) is 1. The minimum absolute atomic E-state index is 0.306. The van der Waals surface area contributed by atoms with E-state index >= 15 is 0 Å². The summed E-state index contributed by atoms with van der Waals surface area (Å²) in [7, 11) is 1.97. The van der Waals surface area contributed by atoms with E-state index in [9.17, 15) is 0 Å². The van der Waals surface area contributed by atoms with Gasteiger partial charge in [-0.1, -0.05) is 6.92 Å². The molecule has 2 aliphatic rings. The number of aryl methyl sites for hydroxylation is 1. The molecular weight excluding hydrogens is 280 g/mol. The zero-order chi connectivity index (χ0) is 15.5. The summed E-state index contributed by atoms with van der Waals surface area (Å²) in [6.07, 6.45) is 3.80. The van der Waals surface area contributed by atoms with Gasteiger partial charge >= 0.3 is 0 Å². The molecule has 0 aromatic carbocycles. The molecule has 122 valence electrons. The van der Waals surface area contributed by atoms with E-state index in [1.807, 2.05) is 18.5 Å². The Morgan fingerprint density at radius 3 is 2.86 bits per heavy atom. The number of hydrogen-bond acceptors (Lipinski definition) is 4. The molecule has 2 heterocycles. The predicted molar refractivity (Wildman–Crippen MR) is 84.6 cm³/mol. The lowest BCUT2D eigenvalue weighted by atomic mass is 10.2. The van der Waals surface area contributed by atoms with Crippen LogP contribution in [0.1, 0.15) is 37.8 Å². The van der Waals surface area contributed by atoms with Gasteiger partial charge in [-0.25, -0.2) is 4.99 Å². The first-order valence-electron chi connectivity index (χ1n) is 8.15. The number of rotatable bonds is 5. The van der Waals surface area contributed by atoms with E-state index in [1.54, 1.807) is 0 Å². The molecule has 3 rings (SSSR count). The summed E-state index contributed by atoms with van der Waals surface area (Å²) in [5.74, 6) is 3.36. The summed E-state index contributed by atoms with van der Waals surface area (Å²) >= 11 is 0. The lowest BCUT2D eigenvalue weighted by Crippen LogP contribution is -2.42. The Morgan fingerprint density at radius 1 is 1.45 bits per heavy atom. The van der Waals surface area contributed by atoms with Crippen molar-refractivity contribution in [3.05, 3.63) is 11.6 Å². The second kappa shape index (κ2) is 6.64. The monoisotopic (exact) mass is 306 g/mol. The molecule has 1 saturated heterocycles. The Hall–Kier alpha value is -1.63. The van der Waals surface area contributed by atoms with Crippen molar-refractivity contribution in [3.63, 3.8) is 0 Å². The SMILES string of the molecule is Cc1nnc(CN=C(NCC2CCCO2)NC2CC2C)n1C. The summed E-state index contributed by atoms with van der Waals surface area (Å²) < 4.78 is 7.63. The van der Waals surface area contributed by atoms with Crippen LogP contribution in [-0.4, -0.2) is 46.0 Å². The summed E-state index contributed by atoms with van der Waals surface area (Å²) in [5, 5.41) is 15.1. The molecule has 7 heteroatoms. The maximum absolute atomic E-state index is 5.66. The van der Waals surface area contributed by atoms with Crippen molar-refractivity contribution in [2.24, 2.45) is 18.0 Å². The highest BCUT2D eigenvalue weighted by Crippen LogP contribution is 2.28. The van der Waals surface area contributed by atoms with E-state index in [0.29, 0.717) is 18.7 Å². The van der Waals surface area contributed by atoms with Crippen LogP contribution in [0.2, 0.25) is 0 Å². The largest absolute Gasteiger partial charge is 0.376 e. The number of aromatic nitrogens is 3. The van der Waals surface area contributed by atoms with Crippen molar-refractivity contribution in [1.29, 1.82) is 0 Å². The zero-order valence-electron chi connectivity index (χ0n) is 13.7. The van der Waals surface area contributed by atoms with E-state index in [2.05, 4.69) is 32.7 Å². The van der Waals surface area contributed by atoms with Crippen LogP contribution in [0.3, 0.4) is 0 Å². The van der Waals surface area contributed by atoms with E-state index in [-0.39, 0.29) is 0 Å². The van der Waals surface area contributed by atoms with Gasteiger partial charge in [0.25, 0.3) is 0 Å². The van der Waals surface area contributed by atoms with Crippen molar-refractivity contribution >= 4 is 5.96 Å². The first-order chi connectivity index (χ1) is 10.6. The molecule has 2 N–H and O–H groups in total. The Morgan fingerprint density at radius 2 is 2.27 bits per heavy atom. The molecule has 0 radical (unpaired) electrons. The van der Waals surface area contributed by atoms with Crippen LogP contribution in [0.4, 0.5) is 0 Å². The smallest absolute Gasteiger partial charge is 0.192 e. The third-order valence-electron chi connectivity index (χ3n) is 4.51. The number of guanidine groups is 1. The van der Waals surface area contributed by atoms with Crippen LogP contribution in [-0.2, 0) is 18.3 Å². The van der Waals surface area contributed by atoms with Gasteiger partial charge in [-0.2, -0.15) is 0 Å².